The SMILES string of the molecule is C=C(C(=O)OC)[C@@H]1CC[C@@]2(C)CCC=C(C)[C@]2(O)C1. The summed E-state index contributed by atoms with van der Waals surface area (Å²) in [7, 11) is 1.38. The lowest BCUT2D eigenvalue weighted by molar-refractivity contribution is -0.138. The number of fused-ring (bicyclic) bond motifs is 1. The highest BCUT2D eigenvalue weighted by molar-refractivity contribution is 5.88. The van der Waals surface area contributed by atoms with Gasteiger partial charge in [-0.2, -0.15) is 0 Å². The maximum Gasteiger partial charge on any atom is 0.333 e. The number of hydrogen-bond acceptors (Lipinski definition) is 3. The van der Waals surface area contributed by atoms with Crippen molar-refractivity contribution < 1.29 is 14.6 Å². The van der Waals surface area contributed by atoms with Crippen LogP contribution in [-0.4, -0.2) is 23.8 Å². The second kappa shape index (κ2) is 4.78. The largest absolute Gasteiger partial charge is 0.466 e. The highest BCUT2D eigenvalue weighted by Gasteiger charge is 2.53. The Morgan fingerprint density at radius 2 is 2.21 bits per heavy atom. The van der Waals surface area contributed by atoms with Crippen LogP contribution in [0.4, 0.5) is 0 Å². The van der Waals surface area contributed by atoms with Crippen LogP contribution in [0.3, 0.4) is 0 Å². The Bertz CT molecular complexity index is 437. The van der Waals surface area contributed by atoms with Crippen LogP contribution in [-0.2, 0) is 9.53 Å². The summed E-state index contributed by atoms with van der Waals surface area (Å²) >= 11 is 0. The molecule has 0 spiro atoms. The van der Waals surface area contributed by atoms with Crippen molar-refractivity contribution in [1.82, 2.24) is 0 Å². The quantitative estimate of drug-likeness (QED) is 0.474. The summed E-state index contributed by atoms with van der Waals surface area (Å²) in [6.07, 6.45) is 6.59. The minimum atomic E-state index is -0.800. The average Bonchev–Trinajstić information content (AvgIpc) is 2.39. The number of carbonyl (C=O) groups is 1. The number of aliphatic hydroxyl groups is 1. The summed E-state index contributed by atoms with van der Waals surface area (Å²) in [5, 5.41) is 11.1. The highest BCUT2D eigenvalue weighted by Crippen LogP contribution is 2.55. The monoisotopic (exact) mass is 264 g/mol. The van der Waals surface area contributed by atoms with E-state index in [4.69, 9.17) is 4.74 Å². The van der Waals surface area contributed by atoms with Crippen molar-refractivity contribution in [3.63, 3.8) is 0 Å². The Morgan fingerprint density at radius 3 is 2.84 bits per heavy atom. The van der Waals surface area contributed by atoms with Crippen molar-refractivity contribution in [2.75, 3.05) is 7.11 Å². The van der Waals surface area contributed by atoms with Crippen molar-refractivity contribution in [1.29, 1.82) is 0 Å². The molecule has 2 aliphatic rings. The van der Waals surface area contributed by atoms with Crippen LogP contribution in [0.25, 0.3) is 0 Å². The highest BCUT2D eigenvalue weighted by atomic mass is 16.5. The van der Waals surface area contributed by atoms with Gasteiger partial charge in [-0.3, -0.25) is 0 Å². The molecule has 0 aliphatic heterocycles. The number of ether oxygens (including phenoxy) is 1. The Hall–Kier alpha value is -1.09. The zero-order valence-corrected chi connectivity index (χ0v) is 12.2. The van der Waals surface area contributed by atoms with Gasteiger partial charge in [-0.15, -0.1) is 0 Å². The minimum Gasteiger partial charge on any atom is -0.466 e. The molecule has 19 heavy (non-hydrogen) atoms. The van der Waals surface area contributed by atoms with Gasteiger partial charge in [0.1, 0.15) is 0 Å². The van der Waals surface area contributed by atoms with Gasteiger partial charge in [0.05, 0.1) is 12.7 Å². The lowest BCUT2D eigenvalue weighted by Crippen LogP contribution is -2.53. The zero-order chi connectivity index (χ0) is 14.3. The second-order valence-corrected chi connectivity index (χ2v) is 6.30. The van der Waals surface area contributed by atoms with Crippen LogP contribution in [0.15, 0.2) is 23.8 Å². The molecule has 0 radical (unpaired) electrons. The van der Waals surface area contributed by atoms with Crippen LogP contribution < -0.4 is 0 Å². The molecular formula is C16H24O3. The lowest BCUT2D eigenvalue weighted by atomic mass is 9.54. The Morgan fingerprint density at radius 1 is 1.53 bits per heavy atom. The van der Waals surface area contributed by atoms with Gasteiger partial charge in [-0.1, -0.05) is 19.6 Å². The molecule has 0 unspecified atom stereocenters. The molecule has 1 saturated carbocycles. The molecule has 0 amide bonds. The summed E-state index contributed by atoms with van der Waals surface area (Å²) in [4.78, 5) is 11.6. The van der Waals surface area contributed by atoms with Gasteiger partial charge in [0.15, 0.2) is 0 Å². The van der Waals surface area contributed by atoms with Crippen molar-refractivity contribution in [2.24, 2.45) is 11.3 Å². The third-order valence-corrected chi connectivity index (χ3v) is 5.32. The first kappa shape index (κ1) is 14.3. The van der Waals surface area contributed by atoms with E-state index in [0.29, 0.717) is 12.0 Å². The molecule has 0 aromatic heterocycles. The van der Waals surface area contributed by atoms with E-state index in [-0.39, 0.29) is 17.3 Å². The van der Waals surface area contributed by atoms with Crippen LogP contribution in [0.2, 0.25) is 0 Å². The molecule has 0 bridgehead atoms. The molecule has 2 aliphatic carbocycles. The third kappa shape index (κ3) is 2.14. The maximum atomic E-state index is 11.6. The van der Waals surface area contributed by atoms with E-state index in [2.05, 4.69) is 19.6 Å². The molecule has 106 valence electrons. The van der Waals surface area contributed by atoms with Crippen LogP contribution in [0.5, 0.6) is 0 Å². The van der Waals surface area contributed by atoms with Crippen molar-refractivity contribution in [3.8, 4) is 0 Å². The van der Waals surface area contributed by atoms with Crippen molar-refractivity contribution in [3.05, 3.63) is 23.8 Å². The normalized spacial score (nSPS) is 38.1. The van der Waals surface area contributed by atoms with Gasteiger partial charge in [0.25, 0.3) is 0 Å². The summed E-state index contributed by atoms with van der Waals surface area (Å²) in [6.45, 7) is 8.03. The van der Waals surface area contributed by atoms with E-state index >= 15 is 0 Å². The van der Waals surface area contributed by atoms with E-state index in [9.17, 15) is 9.90 Å². The molecule has 0 aromatic rings. The summed E-state index contributed by atoms with van der Waals surface area (Å²) in [5.74, 6) is -0.332. The van der Waals surface area contributed by atoms with Gasteiger partial charge in [0.2, 0.25) is 0 Å². The molecule has 0 aromatic carbocycles. The number of allylic oxidation sites excluding steroid dienone is 1. The molecule has 1 N–H and O–H groups in total. The first-order chi connectivity index (χ1) is 8.84. The second-order valence-electron chi connectivity index (χ2n) is 6.30. The molecule has 0 saturated heterocycles. The van der Waals surface area contributed by atoms with E-state index < -0.39 is 5.60 Å². The first-order valence-corrected chi connectivity index (χ1v) is 7.01. The number of rotatable bonds is 2. The molecule has 3 heteroatoms. The van der Waals surface area contributed by atoms with Gasteiger partial charge < -0.3 is 9.84 Å². The van der Waals surface area contributed by atoms with Gasteiger partial charge >= 0.3 is 5.97 Å². The lowest BCUT2D eigenvalue weighted by Gasteiger charge is -2.54. The van der Waals surface area contributed by atoms with E-state index in [1.54, 1.807) is 0 Å². The van der Waals surface area contributed by atoms with E-state index in [0.717, 1.165) is 31.3 Å². The van der Waals surface area contributed by atoms with Gasteiger partial charge in [-0.25, -0.2) is 4.79 Å². The van der Waals surface area contributed by atoms with Gasteiger partial charge in [-0.05, 0) is 50.5 Å². The van der Waals surface area contributed by atoms with Crippen molar-refractivity contribution >= 4 is 5.97 Å². The summed E-state index contributed by atoms with van der Waals surface area (Å²) < 4.78 is 4.75. The fourth-order valence-electron chi connectivity index (χ4n) is 3.74. The molecule has 3 atom stereocenters. The molecule has 2 rings (SSSR count). The number of carbonyl (C=O) groups excluding carboxylic acids is 1. The Kier molecular flexibility index (Phi) is 3.61. The van der Waals surface area contributed by atoms with Crippen LogP contribution in [0, 0.1) is 11.3 Å². The molecule has 1 fully saturated rings. The fraction of sp³-hybridized carbons (Fsp3) is 0.688. The molecule has 3 nitrogen and oxygen atoms in total. The summed E-state index contributed by atoms with van der Waals surface area (Å²) in [5.41, 5.74) is 0.670. The standard InChI is InChI=1S/C16H24O3/c1-11-6-5-8-15(3)9-7-13(10-16(11,15)18)12(2)14(17)19-4/h6,13,18H,2,5,7-10H2,1,3-4H3/t13-,15-,16-/m1/s1. The zero-order valence-electron chi connectivity index (χ0n) is 12.2. The first-order valence-electron chi connectivity index (χ1n) is 7.01. The van der Waals surface area contributed by atoms with E-state index in [1.807, 2.05) is 6.92 Å². The predicted molar refractivity (Wildman–Crippen MR) is 74.5 cm³/mol. The summed E-state index contributed by atoms with van der Waals surface area (Å²) in [6, 6.07) is 0. The maximum absolute atomic E-state index is 11.6. The number of methoxy groups -OCH3 is 1. The Balaban J connectivity index is 2.25. The Labute approximate surface area is 115 Å². The molecule has 0 heterocycles. The predicted octanol–water partition coefficient (Wildman–Crippen LogP) is 2.99. The minimum absolute atomic E-state index is 0.0203. The topological polar surface area (TPSA) is 46.5 Å². The smallest absolute Gasteiger partial charge is 0.333 e. The van der Waals surface area contributed by atoms with Crippen LogP contribution >= 0.6 is 0 Å². The van der Waals surface area contributed by atoms with Crippen molar-refractivity contribution in [2.45, 2.75) is 51.6 Å². The average molecular weight is 264 g/mol. The molecular weight excluding hydrogens is 240 g/mol. The van der Waals surface area contributed by atoms with Crippen LogP contribution in [0.1, 0.15) is 46.0 Å². The van der Waals surface area contributed by atoms with E-state index in [1.165, 1.54) is 7.11 Å². The number of esters is 1. The third-order valence-electron chi connectivity index (χ3n) is 5.32. The fourth-order valence-corrected chi connectivity index (χ4v) is 3.74. The number of hydrogen-bond donors (Lipinski definition) is 1. The van der Waals surface area contributed by atoms with Gasteiger partial charge in [0, 0.05) is 11.0 Å².